The van der Waals surface area contributed by atoms with Crippen LogP contribution in [0.3, 0.4) is 0 Å². The van der Waals surface area contributed by atoms with Crippen molar-refractivity contribution in [2.45, 2.75) is 6.61 Å². The van der Waals surface area contributed by atoms with E-state index in [0.717, 1.165) is 22.7 Å². The van der Waals surface area contributed by atoms with E-state index in [9.17, 15) is 13.6 Å². The predicted octanol–water partition coefficient (Wildman–Crippen LogP) is 3.42. The zero-order chi connectivity index (χ0) is 14.8. The number of fused-ring (bicyclic) bond motifs is 1. The Labute approximate surface area is 123 Å². The Morgan fingerprint density at radius 2 is 2.29 bits per heavy atom. The van der Waals surface area contributed by atoms with Crippen molar-refractivity contribution in [1.82, 2.24) is 4.90 Å². The molecule has 2 aliphatic heterocycles. The molecule has 0 radical (unpaired) electrons. The first-order valence-electron chi connectivity index (χ1n) is 6.10. The van der Waals surface area contributed by atoms with Gasteiger partial charge < -0.3 is 4.74 Å². The molecule has 1 aromatic rings. The second-order valence-corrected chi connectivity index (χ2v) is 5.31. The molecule has 108 valence electrons. The number of halogens is 2. The third-order valence-electron chi connectivity index (χ3n) is 2.93. The number of benzene rings is 1. The number of hydrogen-bond donors (Lipinski definition) is 0. The first-order chi connectivity index (χ1) is 10.1. The number of allylic oxidation sites excluding steroid dienone is 2. The molecule has 1 amide bonds. The van der Waals surface area contributed by atoms with E-state index in [-0.39, 0.29) is 12.2 Å². The van der Waals surface area contributed by atoms with Crippen molar-refractivity contribution in [3.63, 3.8) is 0 Å². The van der Waals surface area contributed by atoms with Crippen LogP contribution < -0.4 is 0 Å². The molecule has 0 saturated carbocycles. The van der Waals surface area contributed by atoms with Crippen molar-refractivity contribution in [2.75, 3.05) is 5.88 Å². The zero-order valence-electron chi connectivity index (χ0n) is 10.8. The van der Waals surface area contributed by atoms with E-state index in [1.54, 1.807) is 12.3 Å². The number of rotatable bonds is 2. The number of carbonyl (C=O) groups is 1. The monoisotopic (exact) mass is 308 g/mol. The first kappa shape index (κ1) is 13.8. The number of thioether (sulfide) groups is 1. The number of carbonyl (C=O) groups excluding carboxylic acids is 1. The molecule has 0 bridgehead atoms. The van der Waals surface area contributed by atoms with Gasteiger partial charge in [-0.05, 0) is 18.2 Å². The minimum Gasteiger partial charge on any atom is -0.444 e. The summed E-state index contributed by atoms with van der Waals surface area (Å²) < 4.78 is 31.2. The molecular weight excluding hydrogens is 298 g/mol. The highest BCUT2D eigenvalue weighted by atomic mass is 32.2. The quantitative estimate of drug-likeness (QED) is 0.840. The van der Waals surface area contributed by atoms with Crippen molar-refractivity contribution >= 4 is 23.6 Å². The predicted molar refractivity (Wildman–Crippen MR) is 75.5 cm³/mol. The summed E-state index contributed by atoms with van der Waals surface area (Å²) in [5.41, 5.74) is 0.963. The maximum Gasteiger partial charge on any atom is 0.418 e. The van der Waals surface area contributed by atoms with Crippen molar-refractivity contribution in [3.05, 3.63) is 58.8 Å². The summed E-state index contributed by atoms with van der Waals surface area (Å²) in [6.07, 6.45) is 4.25. The van der Waals surface area contributed by atoms with Gasteiger partial charge in [-0.25, -0.2) is 13.6 Å². The fourth-order valence-electron chi connectivity index (χ4n) is 1.85. The van der Waals surface area contributed by atoms with Gasteiger partial charge in [0.25, 0.3) is 0 Å². The number of amides is 1. The van der Waals surface area contributed by atoms with Crippen molar-refractivity contribution in [2.24, 2.45) is 4.99 Å². The van der Waals surface area contributed by atoms with Crippen LogP contribution in [-0.2, 0) is 11.3 Å². The smallest absolute Gasteiger partial charge is 0.418 e. The lowest BCUT2D eigenvalue weighted by molar-refractivity contribution is 0.120. The number of aliphatic imine (C=N–C) groups is 1. The van der Waals surface area contributed by atoms with Gasteiger partial charge in [-0.1, -0.05) is 11.8 Å². The molecule has 2 aliphatic rings. The topological polar surface area (TPSA) is 41.9 Å². The van der Waals surface area contributed by atoms with Gasteiger partial charge >= 0.3 is 6.09 Å². The molecule has 0 fully saturated rings. The first-order valence-corrected chi connectivity index (χ1v) is 7.09. The van der Waals surface area contributed by atoms with Crippen LogP contribution in [0.4, 0.5) is 13.6 Å². The van der Waals surface area contributed by atoms with E-state index in [1.807, 2.05) is 0 Å². The van der Waals surface area contributed by atoms with E-state index >= 15 is 0 Å². The van der Waals surface area contributed by atoms with Gasteiger partial charge in [0.2, 0.25) is 0 Å². The lowest BCUT2D eigenvalue weighted by Gasteiger charge is -2.18. The lowest BCUT2D eigenvalue weighted by Crippen LogP contribution is -2.24. The second-order valence-electron chi connectivity index (χ2n) is 4.32. The van der Waals surface area contributed by atoms with E-state index in [0.29, 0.717) is 5.88 Å². The zero-order valence-corrected chi connectivity index (χ0v) is 11.6. The highest BCUT2D eigenvalue weighted by molar-refractivity contribution is 8.04. The fourth-order valence-corrected chi connectivity index (χ4v) is 2.66. The minimum atomic E-state index is -0.740. The average Bonchev–Trinajstić information content (AvgIpc) is 2.93. The standard InChI is InChI=1S/C14H10F2N2O2S/c15-10-2-1-9(11(16)5-10)7-20-14(19)18-4-3-12-13(6-18)21-8-17-12/h1-6H,7-8H2. The maximum atomic E-state index is 13.4. The molecule has 4 nitrogen and oxygen atoms in total. The molecule has 7 heteroatoms. The molecule has 0 N–H and O–H groups in total. The van der Waals surface area contributed by atoms with E-state index < -0.39 is 17.7 Å². The van der Waals surface area contributed by atoms with Gasteiger partial charge in [-0.2, -0.15) is 0 Å². The van der Waals surface area contributed by atoms with Crippen LogP contribution in [0.15, 0.2) is 46.6 Å². The summed E-state index contributed by atoms with van der Waals surface area (Å²) in [5, 5.41) is 0. The fraction of sp³-hybridized carbons (Fsp3) is 0.143. The van der Waals surface area contributed by atoms with E-state index in [1.165, 1.54) is 28.9 Å². The summed E-state index contributed by atoms with van der Waals surface area (Å²) in [5.74, 6) is -0.776. The Morgan fingerprint density at radius 3 is 3.10 bits per heavy atom. The van der Waals surface area contributed by atoms with Crippen molar-refractivity contribution in [3.8, 4) is 0 Å². The van der Waals surface area contributed by atoms with E-state index in [4.69, 9.17) is 4.74 Å². The highest BCUT2D eigenvalue weighted by Gasteiger charge is 2.21. The summed E-state index contributed by atoms with van der Waals surface area (Å²) in [6, 6.07) is 3.12. The molecule has 0 spiro atoms. The maximum absolute atomic E-state index is 13.4. The molecule has 0 atom stereocenters. The van der Waals surface area contributed by atoms with Crippen LogP contribution in [0.5, 0.6) is 0 Å². The van der Waals surface area contributed by atoms with Gasteiger partial charge in [-0.3, -0.25) is 9.89 Å². The van der Waals surface area contributed by atoms with Crippen molar-refractivity contribution < 1.29 is 18.3 Å². The highest BCUT2D eigenvalue weighted by Crippen LogP contribution is 2.28. The molecule has 0 unspecified atom stereocenters. The number of ether oxygens (including phenoxy) is 1. The van der Waals surface area contributed by atoms with Gasteiger partial charge in [0, 0.05) is 24.0 Å². The third-order valence-corrected chi connectivity index (χ3v) is 3.82. The van der Waals surface area contributed by atoms with Crippen LogP contribution in [-0.4, -0.2) is 22.6 Å². The Bertz CT molecular complexity index is 686. The van der Waals surface area contributed by atoms with Gasteiger partial charge in [0.1, 0.15) is 18.2 Å². The SMILES string of the molecule is O=C(OCc1ccc(F)cc1F)N1C=CC2=NCSC2=C1. The second kappa shape index (κ2) is 5.69. The summed E-state index contributed by atoms with van der Waals surface area (Å²) in [4.78, 5) is 18.3. The van der Waals surface area contributed by atoms with Crippen LogP contribution in [0.25, 0.3) is 0 Å². The van der Waals surface area contributed by atoms with Crippen LogP contribution in [0.1, 0.15) is 5.56 Å². The molecule has 0 aromatic heterocycles. The lowest BCUT2D eigenvalue weighted by atomic mass is 10.2. The minimum absolute atomic E-state index is 0.121. The molecule has 1 aromatic carbocycles. The summed E-state index contributed by atoms with van der Waals surface area (Å²) >= 11 is 1.52. The van der Waals surface area contributed by atoms with Gasteiger partial charge in [0.05, 0.1) is 16.5 Å². The molecular formula is C14H10F2N2O2S. The largest absolute Gasteiger partial charge is 0.444 e. The molecule has 3 rings (SSSR count). The summed E-state index contributed by atoms with van der Waals surface area (Å²) in [7, 11) is 0. The Morgan fingerprint density at radius 1 is 1.43 bits per heavy atom. The van der Waals surface area contributed by atoms with Crippen LogP contribution in [0, 0.1) is 11.6 Å². The van der Waals surface area contributed by atoms with Crippen molar-refractivity contribution in [1.29, 1.82) is 0 Å². The Kier molecular flexibility index (Phi) is 3.74. The van der Waals surface area contributed by atoms with Crippen LogP contribution >= 0.6 is 11.8 Å². The molecule has 0 aliphatic carbocycles. The van der Waals surface area contributed by atoms with Gasteiger partial charge in [-0.15, -0.1) is 0 Å². The number of nitrogens with zero attached hydrogens (tertiary/aromatic N) is 2. The third kappa shape index (κ3) is 2.97. The Hall–Kier alpha value is -2.15. The van der Waals surface area contributed by atoms with E-state index in [2.05, 4.69) is 4.99 Å². The average molecular weight is 308 g/mol. The molecule has 2 heterocycles. The van der Waals surface area contributed by atoms with Crippen LogP contribution in [0.2, 0.25) is 0 Å². The summed E-state index contributed by atoms with van der Waals surface area (Å²) in [6.45, 7) is -0.257. The molecule has 21 heavy (non-hydrogen) atoms. The van der Waals surface area contributed by atoms with Gasteiger partial charge in [0.15, 0.2) is 0 Å². The normalized spacial score (nSPS) is 16.4. The molecule has 0 saturated heterocycles. The number of hydrogen-bond acceptors (Lipinski definition) is 4. The Balaban J connectivity index is 1.63.